The Morgan fingerprint density at radius 3 is 2.38 bits per heavy atom. The van der Waals surface area contributed by atoms with Gasteiger partial charge in [0.15, 0.2) is 0 Å². The predicted octanol–water partition coefficient (Wildman–Crippen LogP) is 0.846. The van der Waals surface area contributed by atoms with Crippen molar-refractivity contribution in [3.8, 4) is 0 Å². The summed E-state index contributed by atoms with van der Waals surface area (Å²) in [7, 11) is 0. The van der Waals surface area contributed by atoms with E-state index in [0.29, 0.717) is 6.42 Å². The van der Waals surface area contributed by atoms with E-state index < -0.39 is 35.8 Å². The molecular formula is C17H25N3O6. The molecule has 0 spiro atoms. The van der Waals surface area contributed by atoms with Gasteiger partial charge in [0.05, 0.1) is 6.61 Å². The summed E-state index contributed by atoms with van der Waals surface area (Å²) in [6.45, 7) is 3.53. The van der Waals surface area contributed by atoms with Crippen molar-refractivity contribution in [3.63, 3.8) is 0 Å². The number of nitrogens with two attached hydrogens (primary N) is 2. The molecule has 0 saturated heterocycles. The number of ether oxygens (including phenoxy) is 1. The van der Waals surface area contributed by atoms with Gasteiger partial charge in [0.25, 0.3) is 5.91 Å². The first kappa shape index (κ1) is 21.6. The first-order valence-electron chi connectivity index (χ1n) is 8.20. The minimum Gasteiger partial charge on any atom is -0.370 e. The summed E-state index contributed by atoms with van der Waals surface area (Å²) in [6, 6.07) is 9.06. The average molecular weight is 367 g/mol. The lowest BCUT2D eigenvalue weighted by Gasteiger charge is -2.32. The summed E-state index contributed by atoms with van der Waals surface area (Å²) < 4.78 is 5.59. The lowest BCUT2D eigenvalue weighted by molar-refractivity contribution is -0.309. The van der Waals surface area contributed by atoms with Gasteiger partial charge in [-0.05, 0) is 17.2 Å². The summed E-state index contributed by atoms with van der Waals surface area (Å²) in [5, 5.41) is 9.33. The summed E-state index contributed by atoms with van der Waals surface area (Å²) in [6.07, 6.45) is -0.219. The Hall–Kier alpha value is -2.49. The highest BCUT2D eigenvalue weighted by molar-refractivity contribution is 5.84. The smallest absolute Gasteiger partial charge is 0.370 e. The van der Waals surface area contributed by atoms with Gasteiger partial charge in [-0.25, -0.2) is 4.79 Å². The molecule has 0 saturated carbocycles. The second-order valence-electron chi connectivity index (χ2n) is 5.89. The molecule has 0 aliphatic heterocycles. The summed E-state index contributed by atoms with van der Waals surface area (Å²) >= 11 is 0. The Labute approximate surface area is 151 Å². The van der Waals surface area contributed by atoms with Gasteiger partial charge in [-0.3, -0.25) is 20.5 Å². The Morgan fingerprint density at radius 2 is 1.85 bits per heavy atom. The number of carbonyl (C=O) groups is 3. The fourth-order valence-electron chi connectivity index (χ4n) is 2.01. The number of amides is 2. The molecule has 26 heavy (non-hydrogen) atoms. The number of primary amides is 1. The maximum absolute atomic E-state index is 12.4. The van der Waals surface area contributed by atoms with Crippen LogP contribution in [0.25, 0.3) is 0 Å². The van der Waals surface area contributed by atoms with E-state index in [4.69, 9.17) is 16.2 Å². The minimum absolute atomic E-state index is 0.0395. The molecule has 0 radical (unpaired) electrons. The number of hydroxylamine groups is 2. The third-order valence-corrected chi connectivity index (χ3v) is 3.95. The molecule has 0 fully saturated rings. The number of hydrogen-bond acceptors (Lipinski definition) is 7. The van der Waals surface area contributed by atoms with E-state index >= 15 is 0 Å². The minimum atomic E-state index is -1.88. The highest BCUT2D eigenvalue weighted by Crippen LogP contribution is 2.23. The zero-order chi connectivity index (χ0) is 19.7. The number of hydrogen-bond donors (Lipinski definition) is 3. The van der Waals surface area contributed by atoms with Crippen LogP contribution < -0.4 is 11.5 Å². The lowest BCUT2D eigenvalue weighted by Crippen LogP contribution is -2.57. The molecule has 0 bridgehead atoms. The van der Waals surface area contributed by atoms with E-state index in [2.05, 4.69) is 4.84 Å². The second-order valence-corrected chi connectivity index (χ2v) is 5.89. The molecule has 1 aromatic rings. The van der Waals surface area contributed by atoms with Crippen LogP contribution in [0.5, 0.6) is 0 Å². The molecule has 0 aromatic heterocycles. The molecule has 2 amide bonds. The predicted molar refractivity (Wildman–Crippen MR) is 90.8 cm³/mol. The monoisotopic (exact) mass is 367 g/mol. The molecule has 0 aliphatic rings. The van der Waals surface area contributed by atoms with Crippen molar-refractivity contribution in [2.75, 3.05) is 0 Å². The molecular weight excluding hydrogens is 342 g/mol. The van der Waals surface area contributed by atoms with Crippen LogP contribution in [0.4, 0.5) is 0 Å². The third kappa shape index (κ3) is 6.10. The Kier molecular flexibility index (Phi) is 8.17. The fourth-order valence-corrected chi connectivity index (χ4v) is 2.01. The van der Waals surface area contributed by atoms with Gasteiger partial charge in [-0.1, -0.05) is 44.2 Å². The number of nitrogens with zero attached hydrogens (tertiary/aromatic N) is 1. The van der Waals surface area contributed by atoms with E-state index in [9.17, 15) is 19.6 Å². The molecule has 144 valence electrons. The van der Waals surface area contributed by atoms with E-state index in [0.717, 1.165) is 5.56 Å². The Bertz CT molecular complexity index is 624. The van der Waals surface area contributed by atoms with E-state index in [1.165, 1.54) is 0 Å². The van der Waals surface area contributed by atoms with Gasteiger partial charge in [0.1, 0.15) is 0 Å². The maximum Gasteiger partial charge on any atom is 0.382 e. The van der Waals surface area contributed by atoms with Gasteiger partial charge >= 0.3 is 5.97 Å². The maximum atomic E-state index is 12.4. The molecule has 1 unspecified atom stereocenters. The lowest BCUT2D eigenvalue weighted by atomic mass is 9.95. The summed E-state index contributed by atoms with van der Waals surface area (Å²) in [4.78, 5) is 39.4. The van der Waals surface area contributed by atoms with E-state index in [1.807, 2.05) is 18.2 Å². The molecule has 0 heterocycles. The zero-order valence-electron chi connectivity index (χ0n) is 14.9. The number of rotatable bonds is 9. The van der Waals surface area contributed by atoms with Crippen molar-refractivity contribution >= 4 is 17.8 Å². The standard InChI is InChI=1S/C17H25N3O6/c1-3-12(2)17(19,25-11-13-7-5-4-6-8-13)16(23)26-20(24)15(22)10-9-14(18)21/h4-8,12,24H,3,9-11,19H2,1-2H3,(H2,18,21)/t12?,17-/m1/s1. The SMILES string of the molecule is CCC(C)[C@@](N)(OCc1ccccc1)C(=O)ON(O)C(=O)CCC(N)=O. The number of carbonyl (C=O) groups excluding carboxylic acids is 3. The van der Waals surface area contributed by atoms with Crippen LogP contribution in [0.2, 0.25) is 0 Å². The summed E-state index contributed by atoms with van der Waals surface area (Å²) in [5.74, 6) is -3.32. The van der Waals surface area contributed by atoms with E-state index in [-0.39, 0.29) is 18.3 Å². The highest BCUT2D eigenvalue weighted by Gasteiger charge is 2.44. The van der Waals surface area contributed by atoms with Crippen molar-refractivity contribution < 1.29 is 29.2 Å². The van der Waals surface area contributed by atoms with Crippen molar-refractivity contribution in [3.05, 3.63) is 35.9 Å². The molecule has 0 aliphatic carbocycles. The second kappa shape index (κ2) is 9.85. The Morgan fingerprint density at radius 1 is 1.23 bits per heavy atom. The zero-order valence-corrected chi connectivity index (χ0v) is 14.9. The van der Waals surface area contributed by atoms with Crippen LogP contribution in [0.1, 0.15) is 38.7 Å². The Balaban J connectivity index is 2.78. The first-order valence-corrected chi connectivity index (χ1v) is 8.20. The topological polar surface area (TPSA) is 145 Å². The van der Waals surface area contributed by atoms with Crippen molar-refractivity contribution in [2.24, 2.45) is 17.4 Å². The molecule has 1 aromatic carbocycles. The van der Waals surface area contributed by atoms with Gasteiger partial charge in [0, 0.05) is 18.8 Å². The van der Waals surface area contributed by atoms with Gasteiger partial charge < -0.3 is 15.3 Å². The van der Waals surface area contributed by atoms with E-state index in [1.54, 1.807) is 26.0 Å². The van der Waals surface area contributed by atoms with Gasteiger partial charge in [-0.2, -0.15) is 0 Å². The normalized spacial score (nSPS) is 14.2. The van der Waals surface area contributed by atoms with Crippen LogP contribution in [-0.2, 0) is 30.6 Å². The molecule has 2 atom stereocenters. The molecule has 1 rings (SSSR count). The van der Waals surface area contributed by atoms with Crippen molar-refractivity contribution in [2.45, 2.75) is 45.4 Å². The average Bonchev–Trinajstić information content (AvgIpc) is 2.63. The van der Waals surface area contributed by atoms with Crippen LogP contribution in [0.15, 0.2) is 30.3 Å². The molecule has 5 N–H and O–H groups in total. The van der Waals surface area contributed by atoms with Crippen LogP contribution >= 0.6 is 0 Å². The van der Waals surface area contributed by atoms with Crippen LogP contribution in [0.3, 0.4) is 0 Å². The van der Waals surface area contributed by atoms with Crippen molar-refractivity contribution in [1.82, 2.24) is 5.23 Å². The van der Waals surface area contributed by atoms with Gasteiger partial charge in [-0.15, -0.1) is 0 Å². The molecule has 9 heteroatoms. The number of benzene rings is 1. The molecule has 9 nitrogen and oxygen atoms in total. The highest BCUT2D eigenvalue weighted by atomic mass is 16.9. The van der Waals surface area contributed by atoms with Crippen LogP contribution in [-0.4, -0.2) is 33.9 Å². The largest absolute Gasteiger partial charge is 0.382 e. The first-order chi connectivity index (χ1) is 12.2. The van der Waals surface area contributed by atoms with Gasteiger partial charge in [0.2, 0.25) is 11.6 Å². The third-order valence-electron chi connectivity index (χ3n) is 3.95. The van der Waals surface area contributed by atoms with Crippen molar-refractivity contribution in [1.29, 1.82) is 0 Å². The summed E-state index contributed by atoms with van der Waals surface area (Å²) in [5.41, 5.74) is 9.93. The quantitative estimate of drug-likeness (QED) is 0.333. The fraction of sp³-hybridized carbons (Fsp3) is 0.471. The van der Waals surface area contributed by atoms with Crippen LogP contribution in [0, 0.1) is 5.92 Å².